The summed E-state index contributed by atoms with van der Waals surface area (Å²) in [6, 6.07) is 44.0. The van der Waals surface area contributed by atoms with Gasteiger partial charge in [0.25, 0.3) is 0 Å². The summed E-state index contributed by atoms with van der Waals surface area (Å²) in [5.41, 5.74) is 7.57. The van der Waals surface area contributed by atoms with Gasteiger partial charge in [0.1, 0.15) is 5.82 Å². The minimum Gasteiger partial charge on any atom is -0.481 e. The van der Waals surface area contributed by atoms with Crippen LogP contribution in [0.3, 0.4) is 0 Å². The number of fused-ring (bicyclic) bond motifs is 1. The molecule has 1 saturated carbocycles. The molecule has 1 aromatic heterocycles. The summed E-state index contributed by atoms with van der Waals surface area (Å²) in [6.45, 7) is 7.69. The van der Waals surface area contributed by atoms with Crippen molar-refractivity contribution in [2.24, 2.45) is 5.41 Å². The maximum absolute atomic E-state index is 13.2. The summed E-state index contributed by atoms with van der Waals surface area (Å²) < 4.78 is 13.2. The van der Waals surface area contributed by atoms with Gasteiger partial charge in [0.15, 0.2) is 0 Å². The predicted molar refractivity (Wildman–Crippen MR) is 250 cm³/mol. The molecule has 2 aliphatic rings. The molecule has 2 fully saturated rings. The third kappa shape index (κ3) is 12.4. The van der Waals surface area contributed by atoms with E-state index in [2.05, 4.69) is 77.0 Å². The fraction of sp³-hybridized carbons (Fsp3) is 0.308. The Morgan fingerprint density at radius 3 is 2.28 bits per heavy atom. The minimum atomic E-state index is -0.911. The van der Waals surface area contributed by atoms with E-state index in [4.69, 9.17) is 16.6 Å². The topological polar surface area (TPSA) is 85.7 Å². The number of hydrogen-bond acceptors (Lipinski definition) is 6. The van der Waals surface area contributed by atoms with Crippen molar-refractivity contribution in [3.63, 3.8) is 0 Å². The summed E-state index contributed by atoms with van der Waals surface area (Å²) in [7, 11) is 0. The van der Waals surface area contributed by atoms with Gasteiger partial charge in [0.05, 0.1) is 29.3 Å². The maximum Gasteiger partial charge on any atom is 0.303 e. The number of aromatic nitrogens is 1. The van der Waals surface area contributed by atoms with E-state index in [0.29, 0.717) is 5.02 Å². The molecule has 1 saturated heterocycles. The average Bonchev–Trinajstić information content (AvgIpc) is 4.03. The highest BCUT2D eigenvalue weighted by Crippen LogP contribution is 2.53. The van der Waals surface area contributed by atoms with E-state index in [1.165, 1.54) is 11.1 Å². The first-order valence-corrected chi connectivity index (χ1v) is 22.6. The van der Waals surface area contributed by atoms with E-state index in [1.807, 2.05) is 92.3 Å². The molecular formula is C52H55ClFN3O3S. The standard InChI is InChI=1S/C35H36ClNO3S.C17H19FN2/c1-34(2,40)30-9-4-3-7-25(30)13-17-32(41-23-35(18-19-35)22-33(38)39)27-8-5-6-24(20-27)10-15-29-16-12-26-11-14-28(36)21-31(26)37-29;18-16-8-6-15(7-9-16)17(14-4-2-1-3-5-14)20-12-10-19-11-13-20/h3-12,14-16,20-21,32,40H,13,17-19,22-23H2,1-2H3,(H,38,39);1-9,17,19H,10-13H2/b15-10+;/t32-;/m1./s1. The normalized spacial score (nSPS) is 16.1. The average molecular weight is 857 g/mol. The van der Waals surface area contributed by atoms with Crippen molar-refractivity contribution < 1.29 is 19.4 Å². The summed E-state index contributed by atoms with van der Waals surface area (Å²) >= 11 is 8.04. The maximum atomic E-state index is 13.2. The van der Waals surface area contributed by atoms with Crippen LogP contribution in [-0.2, 0) is 16.8 Å². The minimum absolute atomic E-state index is 0.0814. The van der Waals surface area contributed by atoms with Crippen LogP contribution in [-0.4, -0.2) is 58.0 Å². The number of benzene rings is 5. The first-order valence-electron chi connectivity index (χ1n) is 21.2. The van der Waals surface area contributed by atoms with Crippen LogP contribution in [0.2, 0.25) is 5.02 Å². The number of rotatable bonds is 15. The van der Waals surface area contributed by atoms with Crippen LogP contribution in [0, 0.1) is 11.2 Å². The van der Waals surface area contributed by atoms with Crippen LogP contribution in [0.25, 0.3) is 23.1 Å². The SMILES string of the molecule is CC(C)(O)c1ccccc1CC[C@@H](SCC1(CC(=O)O)CC1)c1cccc(/C=C/c2ccc3ccc(Cl)cc3n2)c1.Fc1ccc(C(c2ccccc2)N2CCNCC2)cc1. The molecule has 6 nitrogen and oxygen atoms in total. The second kappa shape index (κ2) is 20.4. The summed E-state index contributed by atoms with van der Waals surface area (Å²) in [6.07, 6.45) is 8.02. The molecular weight excluding hydrogens is 801 g/mol. The molecule has 2 atom stereocenters. The molecule has 6 aromatic rings. The Morgan fingerprint density at radius 1 is 0.869 bits per heavy atom. The highest BCUT2D eigenvalue weighted by atomic mass is 35.5. The Morgan fingerprint density at radius 2 is 1.56 bits per heavy atom. The third-order valence-corrected chi connectivity index (χ3v) is 13.6. The van der Waals surface area contributed by atoms with Crippen molar-refractivity contribution in [3.05, 3.63) is 183 Å². The zero-order valence-corrected chi connectivity index (χ0v) is 36.5. The number of piperazine rings is 1. The molecule has 9 heteroatoms. The quantitative estimate of drug-likeness (QED) is 0.0948. The van der Waals surface area contributed by atoms with Crippen molar-refractivity contribution in [2.75, 3.05) is 31.9 Å². The van der Waals surface area contributed by atoms with E-state index >= 15 is 0 Å². The number of carboxylic acid groups (broad SMARTS) is 1. The number of carbonyl (C=O) groups is 1. The second-order valence-corrected chi connectivity index (χ2v) is 18.5. The van der Waals surface area contributed by atoms with Gasteiger partial charge >= 0.3 is 5.97 Å². The molecule has 0 radical (unpaired) electrons. The van der Waals surface area contributed by atoms with Gasteiger partial charge in [0.2, 0.25) is 0 Å². The van der Waals surface area contributed by atoms with E-state index in [1.54, 1.807) is 12.1 Å². The molecule has 316 valence electrons. The van der Waals surface area contributed by atoms with Gasteiger partial charge in [-0.3, -0.25) is 9.69 Å². The van der Waals surface area contributed by atoms with Gasteiger partial charge < -0.3 is 15.5 Å². The van der Waals surface area contributed by atoms with Gasteiger partial charge in [-0.15, -0.1) is 0 Å². The van der Waals surface area contributed by atoms with Gasteiger partial charge in [-0.05, 0) is 115 Å². The molecule has 3 N–H and O–H groups in total. The lowest BCUT2D eigenvalue weighted by atomic mass is 9.90. The number of aryl methyl sites for hydroxylation is 1. The molecule has 0 spiro atoms. The highest BCUT2D eigenvalue weighted by molar-refractivity contribution is 7.99. The molecule has 2 heterocycles. The second-order valence-electron chi connectivity index (χ2n) is 16.9. The summed E-state index contributed by atoms with van der Waals surface area (Å²) in [5, 5.41) is 25.5. The lowest BCUT2D eigenvalue weighted by Crippen LogP contribution is -2.45. The van der Waals surface area contributed by atoms with Crippen molar-refractivity contribution in [1.82, 2.24) is 15.2 Å². The van der Waals surface area contributed by atoms with Crippen LogP contribution in [0.4, 0.5) is 4.39 Å². The smallest absolute Gasteiger partial charge is 0.303 e. The molecule has 5 aromatic carbocycles. The number of hydrogen-bond donors (Lipinski definition) is 3. The Kier molecular flexibility index (Phi) is 14.8. The predicted octanol–water partition coefficient (Wildman–Crippen LogP) is 11.8. The van der Waals surface area contributed by atoms with Crippen LogP contribution in [0.15, 0.2) is 133 Å². The summed E-state index contributed by atoms with van der Waals surface area (Å²) in [4.78, 5) is 18.7. The third-order valence-electron chi connectivity index (χ3n) is 11.6. The molecule has 8 rings (SSSR count). The molecule has 0 amide bonds. The zero-order chi connectivity index (χ0) is 42.8. The largest absolute Gasteiger partial charge is 0.481 e. The monoisotopic (exact) mass is 855 g/mol. The van der Waals surface area contributed by atoms with Crippen molar-refractivity contribution >= 4 is 52.4 Å². The Labute approximate surface area is 368 Å². The number of thioether (sulfide) groups is 1. The van der Waals surface area contributed by atoms with E-state index in [0.717, 1.165) is 96.5 Å². The van der Waals surface area contributed by atoms with E-state index in [-0.39, 0.29) is 28.9 Å². The van der Waals surface area contributed by atoms with Gasteiger partial charge in [-0.1, -0.05) is 121 Å². The molecule has 1 aliphatic heterocycles. The van der Waals surface area contributed by atoms with Crippen LogP contribution < -0.4 is 5.32 Å². The lowest BCUT2D eigenvalue weighted by molar-refractivity contribution is -0.138. The van der Waals surface area contributed by atoms with E-state index < -0.39 is 11.6 Å². The Hall–Kier alpha value is -4.83. The van der Waals surface area contributed by atoms with Gasteiger partial charge in [-0.25, -0.2) is 9.37 Å². The first kappa shape index (κ1) is 44.2. The van der Waals surface area contributed by atoms with E-state index in [9.17, 15) is 19.4 Å². The van der Waals surface area contributed by atoms with Crippen molar-refractivity contribution in [3.8, 4) is 0 Å². The zero-order valence-electron chi connectivity index (χ0n) is 34.9. The van der Waals surface area contributed by atoms with Crippen LogP contribution in [0.1, 0.15) is 89.9 Å². The van der Waals surface area contributed by atoms with Crippen LogP contribution >= 0.6 is 23.4 Å². The first-order chi connectivity index (χ1) is 29.4. The number of aliphatic carboxylic acids is 1. The lowest BCUT2D eigenvalue weighted by Gasteiger charge is -2.35. The number of carboxylic acids is 1. The van der Waals surface area contributed by atoms with Gasteiger partial charge in [-0.2, -0.15) is 11.8 Å². The molecule has 0 bridgehead atoms. The molecule has 61 heavy (non-hydrogen) atoms. The highest BCUT2D eigenvalue weighted by Gasteiger charge is 2.44. The summed E-state index contributed by atoms with van der Waals surface area (Å²) in [5.74, 6) is -0.0582. The fourth-order valence-electron chi connectivity index (χ4n) is 8.19. The number of nitrogens with zero attached hydrogens (tertiary/aromatic N) is 2. The molecule has 1 aliphatic carbocycles. The van der Waals surface area contributed by atoms with Crippen molar-refractivity contribution in [2.45, 2.75) is 62.8 Å². The van der Waals surface area contributed by atoms with Gasteiger partial charge in [0, 0.05) is 47.6 Å². The number of halogens is 2. The fourth-order valence-corrected chi connectivity index (χ4v) is 9.93. The Balaban J connectivity index is 0.000000233. The van der Waals surface area contributed by atoms with Crippen LogP contribution in [0.5, 0.6) is 0 Å². The van der Waals surface area contributed by atoms with Crippen molar-refractivity contribution in [1.29, 1.82) is 0 Å². The number of pyridine rings is 1. The molecule has 1 unspecified atom stereocenters. The Bertz CT molecular complexity index is 2410. The number of aliphatic hydroxyl groups is 1. The number of nitrogens with one attached hydrogen (secondary N) is 1.